The first-order valence-corrected chi connectivity index (χ1v) is 12.4. The standard InChI is InChI=1S/C32H27N3O3/c1-3-38-29-18-16-28(17-19-29)34-31(24-10-6-4-7-11-24)20-26(32(34)25-12-8-5-9-13-25)22-33-27-15-14-23(2)30(21-27)35(36)37/h4-22H,3H2,1-2H3. The van der Waals surface area contributed by atoms with Gasteiger partial charge in [-0.15, -0.1) is 0 Å². The van der Waals surface area contributed by atoms with E-state index in [0.29, 0.717) is 17.9 Å². The molecule has 6 nitrogen and oxygen atoms in total. The molecule has 0 unspecified atom stereocenters. The first-order chi connectivity index (χ1) is 18.5. The van der Waals surface area contributed by atoms with Crippen molar-refractivity contribution in [2.45, 2.75) is 13.8 Å². The van der Waals surface area contributed by atoms with E-state index in [0.717, 1.165) is 39.5 Å². The van der Waals surface area contributed by atoms with Gasteiger partial charge in [0.2, 0.25) is 0 Å². The molecular formula is C32H27N3O3. The highest BCUT2D eigenvalue weighted by Crippen LogP contribution is 2.36. The lowest BCUT2D eigenvalue weighted by atomic mass is 10.1. The Morgan fingerprint density at radius 2 is 1.53 bits per heavy atom. The molecule has 0 fully saturated rings. The second kappa shape index (κ2) is 11.0. The third-order valence-electron chi connectivity index (χ3n) is 6.29. The first kappa shape index (κ1) is 24.7. The first-order valence-electron chi connectivity index (χ1n) is 12.4. The average molecular weight is 502 g/mol. The SMILES string of the molecule is CCOc1ccc(-n2c(-c3ccccc3)cc(C=Nc3ccc(C)c([N+](=O)[O-])c3)c2-c2ccccc2)cc1. The quantitative estimate of drug-likeness (QED) is 0.122. The van der Waals surface area contributed by atoms with Crippen LogP contribution in [0.1, 0.15) is 18.1 Å². The van der Waals surface area contributed by atoms with Gasteiger partial charge in [0.1, 0.15) is 5.75 Å². The Labute approximate surface area is 221 Å². The van der Waals surface area contributed by atoms with Crippen LogP contribution >= 0.6 is 0 Å². The minimum absolute atomic E-state index is 0.0554. The van der Waals surface area contributed by atoms with Gasteiger partial charge in [0, 0.05) is 29.1 Å². The average Bonchev–Trinajstić information content (AvgIpc) is 3.33. The van der Waals surface area contributed by atoms with Crippen molar-refractivity contribution < 1.29 is 9.66 Å². The Morgan fingerprint density at radius 1 is 0.868 bits per heavy atom. The summed E-state index contributed by atoms with van der Waals surface area (Å²) < 4.78 is 7.90. The molecule has 0 saturated carbocycles. The Balaban J connectivity index is 1.72. The fourth-order valence-corrected chi connectivity index (χ4v) is 4.49. The number of aromatic nitrogens is 1. The van der Waals surface area contributed by atoms with Crippen LogP contribution in [0.5, 0.6) is 5.75 Å². The molecule has 0 N–H and O–H groups in total. The number of nitro benzene ring substituents is 1. The van der Waals surface area contributed by atoms with E-state index < -0.39 is 0 Å². The Hall–Kier alpha value is -4.97. The van der Waals surface area contributed by atoms with Crippen LogP contribution in [0.15, 0.2) is 114 Å². The van der Waals surface area contributed by atoms with Crippen molar-refractivity contribution in [1.29, 1.82) is 0 Å². The van der Waals surface area contributed by atoms with Gasteiger partial charge in [-0.3, -0.25) is 15.1 Å². The molecule has 0 saturated heterocycles. The summed E-state index contributed by atoms with van der Waals surface area (Å²) in [4.78, 5) is 15.7. The van der Waals surface area contributed by atoms with Crippen molar-refractivity contribution in [2.75, 3.05) is 6.61 Å². The van der Waals surface area contributed by atoms with Crippen LogP contribution in [0.25, 0.3) is 28.2 Å². The van der Waals surface area contributed by atoms with Crippen molar-refractivity contribution in [3.05, 3.63) is 130 Å². The fraction of sp³-hybridized carbons (Fsp3) is 0.0938. The second-order valence-corrected chi connectivity index (χ2v) is 8.81. The summed E-state index contributed by atoms with van der Waals surface area (Å²) >= 11 is 0. The van der Waals surface area contributed by atoms with Gasteiger partial charge in [-0.25, -0.2) is 0 Å². The third-order valence-corrected chi connectivity index (χ3v) is 6.29. The molecule has 0 bridgehead atoms. The van der Waals surface area contributed by atoms with Gasteiger partial charge >= 0.3 is 0 Å². The lowest BCUT2D eigenvalue weighted by molar-refractivity contribution is -0.385. The van der Waals surface area contributed by atoms with E-state index in [1.54, 1.807) is 25.3 Å². The van der Waals surface area contributed by atoms with Gasteiger partial charge < -0.3 is 9.30 Å². The Bertz CT molecular complexity index is 1590. The van der Waals surface area contributed by atoms with Gasteiger partial charge in [0.25, 0.3) is 5.69 Å². The summed E-state index contributed by atoms with van der Waals surface area (Å²) in [5.74, 6) is 0.814. The highest BCUT2D eigenvalue weighted by Gasteiger charge is 2.19. The molecule has 0 aliphatic carbocycles. The zero-order chi connectivity index (χ0) is 26.5. The minimum atomic E-state index is -0.375. The highest BCUT2D eigenvalue weighted by molar-refractivity contribution is 5.94. The summed E-state index contributed by atoms with van der Waals surface area (Å²) in [6.45, 7) is 4.29. The number of nitrogens with zero attached hydrogens (tertiary/aromatic N) is 3. The normalized spacial score (nSPS) is 11.1. The number of hydrogen-bond donors (Lipinski definition) is 0. The second-order valence-electron chi connectivity index (χ2n) is 8.81. The van der Waals surface area contributed by atoms with E-state index in [4.69, 9.17) is 4.74 Å². The van der Waals surface area contributed by atoms with Crippen LogP contribution in [-0.2, 0) is 0 Å². The van der Waals surface area contributed by atoms with Gasteiger partial charge in [-0.1, -0.05) is 66.7 Å². The smallest absolute Gasteiger partial charge is 0.274 e. The molecule has 4 aromatic carbocycles. The summed E-state index contributed by atoms with van der Waals surface area (Å²) in [5.41, 5.74) is 7.13. The van der Waals surface area contributed by atoms with Gasteiger partial charge in [-0.2, -0.15) is 0 Å². The number of ether oxygens (including phenoxy) is 1. The van der Waals surface area contributed by atoms with Crippen LogP contribution in [0.2, 0.25) is 0 Å². The van der Waals surface area contributed by atoms with E-state index in [2.05, 4.69) is 39.9 Å². The van der Waals surface area contributed by atoms with Crippen molar-refractivity contribution in [1.82, 2.24) is 4.57 Å². The van der Waals surface area contributed by atoms with Gasteiger partial charge in [0.05, 0.1) is 28.6 Å². The molecular weight excluding hydrogens is 474 g/mol. The van der Waals surface area contributed by atoms with Crippen LogP contribution in [0, 0.1) is 17.0 Å². The molecule has 5 rings (SSSR count). The summed E-state index contributed by atoms with van der Waals surface area (Å²) in [5, 5.41) is 11.5. The number of aliphatic imine (C=N–C) groups is 1. The fourth-order valence-electron chi connectivity index (χ4n) is 4.49. The number of benzene rings is 4. The zero-order valence-electron chi connectivity index (χ0n) is 21.2. The maximum absolute atomic E-state index is 11.5. The lowest BCUT2D eigenvalue weighted by Crippen LogP contribution is -2.01. The molecule has 0 aliphatic rings. The predicted octanol–water partition coefficient (Wildman–Crippen LogP) is 8.18. The monoisotopic (exact) mass is 501 g/mol. The highest BCUT2D eigenvalue weighted by atomic mass is 16.6. The number of hydrogen-bond acceptors (Lipinski definition) is 4. The number of rotatable bonds is 8. The summed E-state index contributed by atoms with van der Waals surface area (Å²) in [6, 6.07) is 35.6. The molecule has 0 amide bonds. The van der Waals surface area contributed by atoms with E-state index in [-0.39, 0.29) is 10.6 Å². The largest absolute Gasteiger partial charge is 0.494 e. The molecule has 0 radical (unpaired) electrons. The van der Waals surface area contributed by atoms with Crippen LogP contribution in [0.4, 0.5) is 11.4 Å². The predicted molar refractivity (Wildman–Crippen MR) is 153 cm³/mol. The molecule has 1 heterocycles. The van der Waals surface area contributed by atoms with E-state index >= 15 is 0 Å². The van der Waals surface area contributed by atoms with E-state index in [1.165, 1.54) is 6.07 Å². The zero-order valence-corrected chi connectivity index (χ0v) is 21.2. The van der Waals surface area contributed by atoms with Gasteiger partial charge in [-0.05, 0) is 61.4 Å². The van der Waals surface area contributed by atoms with Crippen molar-refractivity contribution >= 4 is 17.6 Å². The number of aryl methyl sites for hydroxylation is 1. The lowest BCUT2D eigenvalue weighted by Gasteiger charge is -2.15. The van der Waals surface area contributed by atoms with Crippen LogP contribution < -0.4 is 4.74 Å². The van der Waals surface area contributed by atoms with Crippen LogP contribution in [-0.4, -0.2) is 22.3 Å². The molecule has 38 heavy (non-hydrogen) atoms. The maximum atomic E-state index is 11.5. The molecule has 0 atom stereocenters. The Kier molecular flexibility index (Phi) is 7.13. The van der Waals surface area contributed by atoms with Crippen molar-refractivity contribution in [3.63, 3.8) is 0 Å². The molecule has 6 heteroatoms. The van der Waals surface area contributed by atoms with E-state index in [1.807, 2.05) is 67.6 Å². The molecule has 0 spiro atoms. The number of nitro groups is 1. The summed E-state index contributed by atoms with van der Waals surface area (Å²) in [7, 11) is 0. The van der Waals surface area contributed by atoms with Crippen molar-refractivity contribution in [3.8, 4) is 34.0 Å². The Morgan fingerprint density at radius 3 is 2.16 bits per heavy atom. The minimum Gasteiger partial charge on any atom is -0.494 e. The van der Waals surface area contributed by atoms with E-state index in [9.17, 15) is 10.1 Å². The van der Waals surface area contributed by atoms with Crippen molar-refractivity contribution in [2.24, 2.45) is 4.99 Å². The topological polar surface area (TPSA) is 69.7 Å². The maximum Gasteiger partial charge on any atom is 0.274 e. The van der Waals surface area contributed by atoms with Crippen LogP contribution in [0.3, 0.4) is 0 Å². The summed E-state index contributed by atoms with van der Waals surface area (Å²) in [6.07, 6.45) is 1.79. The molecule has 5 aromatic rings. The molecule has 1 aromatic heterocycles. The van der Waals surface area contributed by atoms with Gasteiger partial charge in [0.15, 0.2) is 0 Å². The molecule has 0 aliphatic heterocycles. The third kappa shape index (κ3) is 5.11. The molecule has 188 valence electrons.